The van der Waals surface area contributed by atoms with E-state index in [0.29, 0.717) is 6.04 Å². The van der Waals surface area contributed by atoms with Gasteiger partial charge in [-0.15, -0.1) is 0 Å². The van der Waals surface area contributed by atoms with Gasteiger partial charge in [0.25, 0.3) is 0 Å². The first kappa shape index (κ1) is 9.66. The first-order valence-corrected chi connectivity index (χ1v) is 5.66. The molecule has 1 fully saturated rings. The van der Waals surface area contributed by atoms with Gasteiger partial charge in [-0.1, -0.05) is 6.07 Å². The SMILES string of the molecule is Nc1cccc2c1cnn2C1CCOCC1. The van der Waals surface area contributed by atoms with Gasteiger partial charge in [-0.05, 0) is 25.0 Å². The van der Waals surface area contributed by atoms with Crippen LogP contribution in [0.2, 0.25) is 0 Å². The second kappa shape index (κ2) is 3.79. The van der Waals surface area contributed by atoms with Crippen molar-refractivity contribution in [1.29, 1.82) is 0 Å². The molecule has 0 aliphatic carbocycles. The number of nitrogens with zero attached hydrogens (tertiary/aromatic N) is 2. The van der Waals surface area contributed by atoms with E-state index >= 15 is 0 Å². The number of nitrogens with two attached hydrogens (primary N) is 1. The first-order valence-electron chi connectivity index (χ1n) is 5.66. The Morgan fingerprint density at radius 2 is 2.12 bits per heavy atom. The summed E-state index contributed by atoms with van der Waals surface area (Å²) < 4.78 is 7.46. The Bertz CT molecular complexity index is 500. The van der Waals surface area contributed by atoms with Crippen LogP contribution in [0, 0.1) is 0 Å². The fraction of sp³-hybridized carbons (Fsp3) is 0.417. The van der Waals surface area contributed by atoms with E-state index < -0.39 is 0 Å². The second-order valence-electron chi connectivity index (χ2n) is 4.21. The van der Waals surface area contributed by atoms with Crippen molar-refractivity contribution in [1.82, 2.24) is 9.78 Å². The molecule has 0 unspecified atom stereocenters. The molecule has 1 aromatic carbocycles. The van der Waals surface area contributed by atoms with Crippen LogP contribution in [0.3, 0.4) is 0 Å². The summed E-state index contributed by atoms with van der Waals surface area (Å²) in [4.78, 5) is 0. The van der Waals surface area contributed by atoms with Gasteiger partial charge in [-0.25, -0.2) is 0 Å². The Hall–Kier alpha value is -1.55. The predicted octanol–water partition coefficient (Wildman–Crippen LogP) is 1.97. The molecule has 16 heavy (non-hydrogen) atoms. The average molecular weight is 217 g/mol. The Balaban J connectivity index is 2.06. The maximum atomic E-state index is 5.92. The van der Waals surface area contributed by atoms with Crippen molar-refractivity contribution in [2.24, 2.45) is 0 Å². The molecule has 84 valence electrons. The van der Waals surface area contributed by atoms with Crippen LogP contribution in [-0.4, -0.2) is 23.0 Å². The van der Waals surface area contributed by atoms with E-state index in [4.69, 9.17) is 10.5 Å². The zero-order valence-corrected chi connectivity index (χ0v) is 9.10. The molecule has 1 aliphatic rings. The summed E-state index contributed by atoms with van der Waals surface area (Å²) in [5.41, 5.74) is 7.85. The number of hydrogen-bond donors (Lipinski definition) is 1. The second-order valence-corrected chi connectivity index (χ2v) is 4.21. The molecule has 1 aromatic heterocycles. The van der Waals surface area contributed by atoms with E-state index in [2.05, 4.69) is 15.8 Å². The van der Waals surface area contributed by atoms with Crippen LogP contribution in [0.5, 0.6) is 0 Å². The molecular formula is C12H15N3O. The molecule has 0 radical (unpaired) electrons. The standard InChI is InChI=1S/C12H15N3O/c13-11-2-1-3-12-10(11)8-14-15(12)9-4-6-16-7-5-9/h1-3,8-9H,4-7,13H2. The number of fused-ring (bicyclic) bond motifs is 1. The lowest BCUT2D eigenvalue weighted by atomic mass is 10.1. The Labute approximate surface area is 94.0 Å². The summed E-state index contributed by atoms with van der Waals surface area (Å²) in [7, 11) is 0. The Morgan fingerprint density at radius 1 is 1.31 bits per heavy atom. The zero-order chi connectivity index (χ0) is 11.0. The highest BCUT2D eigenvalue weighted by Gasteiger charge is 2.18. The van der Waals surface area contributed by atoms with Gasteiger partial charge in [0.1, 0.15) is 0 Å². The van der Waals surface area contributed by atoms with Crippen LogP contribution in [-0.2, 0) is 4.74 Å². The third kappa shape index (κ3) is 1.46. The molecule has 4 heteroatoms. The lowest BCUT2D eigenvalue weighted by Crippen LogP contribution is -2.20. The number of aromatic nitrogens is 2. The molecule has 3 rings (SSSR count). The van der Waals surface area contributed by atoms with Crippen molar-refractivity contribution in [3.05, 3.63) is 24.4 Å². The normalized spacial score (nSPS) is 18.0. The van der Waals surface area contributed by atoms with Gasteiger partial charge in [-0.3, -0.25) is 4.68 Å². The van der Waals surface area contributed by atoms with E-state index in [-0.39, 0.29) is 0 Å². The number of benzene rings is 1. The summed E-state index contributed by atoms with van der Waals surface area (Å²) in [6.45, 7) is 1.66. The van der Waals surface area contributed by atoms with Gasteiger partial charge in [0.05, 0.1) is 17.8 Å². The number of rotatable bonds is 1. The van der Waals surface area contributed by atoms with Gasteiger partial charge in [0, 0.05) is 24.3 Å². The summed E-state index contributed by atoms with van der Waals surface area (Å²) in [6.07, 6.45) is 3.93. The van der Waals surface area contributed by atoms with Crippen molar-refractivity contribution >= 4 is 16.6 Å². The molecular weight excluding hydrogens is 202 g/mol. The maximum absolute atomic E-state index is 5.92. The van der Waals surface area contributed by atoms with Crippen molar-refractivity contribution in [2.75, 3.05) is 18.9 Å². The molecule has 1 aliphatic heterocycles. The molecule has 0 bridgehead atoms. The maximum Gasteiger partial charge on any atom is 0.0706 e. The van der Waals surface area contributed by atoms with E-state index in [1.54, 1.807) is 0 Å². The van der Waals surface area contributed by atoms with Crippen molar-refractivity contribution in [3.63, 3.8) is 0 Å². The number of hydrogen-bond acceptors (Lipinski definition) is 3. The molecule has 2 N–H and O–H groups in total. The number of anilines is 1. The number of ether oxygens (including phenoxy) is 1. The van der Waals surface area contributed by atoms with Crippen molar-refractivity contribution in [3.8, 4) is 0 Å². The van der Waals surface area contributed by atoms with Crippen molar-refractivity contribution < 1.29 is 4.74 Å². The van der Waals surface area contributed by atoms with Crippen LogP contribution in [0.1, 0.15) is 18.9 Å². The summed E-state index contributed by atoms with van der Waals surface area (Å²) >= 11 is 0. The smallest absolute Gasteiger partial charge is 0.0706 e. The van der Waals surface area contributed by atoms with E-state index in [0.717, 1.165) is 42.6 Å². The van der Waals surface area contributed by atoms with Crippen LogP contribution < -0.4 is 5.73 Å². The van der Waals surface area contributed by atoms with E-state index in [9.17, 15) is 0 Å². The molecule has 0 amide bonds. The van der Waals surface area contributed by atoms with Gasteiger partial charge < -0.3 is 10.5 Å². The molecule has 0 saturated carbocycles. The largest absolute Gasteiger partial charge is 0.398 e. The molecule has 1 saturated heterocycles. The van der Waals surface area contributed by atoms with Gasteiger partial charge in [0.2, 0.25) is 0 Å². The molecule has 0 spiro atoms. The van der Waals surface area contributed by atoms with Crippen LogP contribution in [0.15, 0.2) is 24.4 Å². The monoisotopic (exact) mass is 217 g/mol. The molecule has 4 nitrogen and oxygen atoms in total. The number of nitrogen functional groups attached to an aromatic ring is 1. The predicted molar refractivity (Wildman–Crippen MR) is 63.2 cm³/mol. The van der Waals surface area contributed by atoms with E-state index in [1.165, 1.54) is 0 Å². The fourth-order valence-electron chi connectivity index (χ4n) is 2.31. The third-order valence-electron chi connectivity index (χ3n) is 3.21. The minimum absolute atomic E-state index is 0.452. The van der Waals surface area contributed by atoms with Crippen LogP contribution >= 0.6 is 0 Å². The highest BCUT2D eigenvalue weighted by molar-refractivity contribution is 5.90. The molecule has 2 heterocycles. The quantitative estimate of drug-likeness (QED) is 0.743. The first-order chi connectivity index (χ1) is 7.86. The minimum atomic E-state index is 0.452. The lowest BCUT2D eigenvalue weighted by molar-refractivity contribution is 0.0675. The van der Waals surface area contributed by atoms with Crippen LogP contribution in [0.4, 0.5) is 5.69 Å². The minimum Gasteiger partial charge on any atom is -0.398 e. The van der Waals surface area contributed by atoms with Gasteiger partial charge >= 0.3 is 0 Å². The average Bonchev–Trinajstić information content (AvgIpc) is 2.75. The topological polar surface area (TPSA) is 53.1 Å². The molecule has 2 aromatic rings. The van der Waals surface area contributed by atoms with Gasteiger partial charge in [0.15, 0.2) is 0 Å². The summed E-state index contributed by atoms with van der Waals surface area (Å²) in [6, 6.07) is 6.43. The van der Waals surface area contributed by atoms with E-state index in [1.807, 2.05) is 18.3 Å². The Kier molecular flexibility index (Phi) is 2.29. The zero-order valence-electron chi connectivity index (χ0n) is 9.10. The van der Waals surface area contributed by atoms with Crippen LogP contribution in [0.25, 0.3) is 10.9 Å². The van der Waals surface area contributed by atoms with Crippen molar-refractivity contribution in [2.45, 2.75) is 18.9 Å². The third-order valence-corrected chi connectivity index (χ3v) is 3.21. The Morgan fingerprint density at radius 3 is 2.94 bits per heavy atom. The molecule has 0 atom stereocenters. The fourth-order valence-corrected chi connectivity index (χ4v) is 2.31. The van der Waals surface area contributed by atoms with Gasteiger partial charge in [-0.2, -0.15) is 5.10 Å². The summed E-state index contributed by atoms with van der Waals surface area (Å²) in [5.74, 6) is 0. The lowest BCUT2D eigenvalue weighted by Gasteiger charge is -2.23. The summed E-state index contributed by atoms with van der Waals surface area (Å²) in [5, 5.41) is 5.51. The highest BCUT2D eigenvalue weighted by Crippen LogP contribution is 2.27. The highest BCUT2D eigenvalue weighted by atomic mass is 16.5.